The van der Waals surface area contributed by atoms with Crippen LogP contribution >= 0.6 is 0 Å². The van der Waals surface area contributed by atoms with Gasteiger partial charge in [-0.15, -0.1) is 0 Å². The van der Waals surface area contributed by atoms with Gasteiger partial charge in [-0.3, -0.25) is 4.79 Å². The molecule has 0 saturated heterocycles. The molecule has 1 amide bonds. The van der Waals surface area contributed by atoms with Crippen LogP contribution in [0, 0.1) is 17.8 Å². The smallest absolute Gasteiger partial charge is 0.226 e. The third-order valence-corrected chi connectivity index (χ3v) is 3.49. The monoisotopic (exact) mass is 277 g/mol. The van der Waals surface area contributed by atoms with Crippen molar-refractivity contribution in [3.63, 3.8) is 0 Å². The molecule has 4 heteroatoms. The molecule has 4 N–H and O–H groups in total. The van der Waals surface area contributed by atoms with Gasteiger partial charge in [-0.2, -0.15) is 0 Å². The van der Waals surface area contributed by atoms with Crippen LogP contribution in [0.4, 0.5) is 11.4 Å². The number of rotatable bonds is 7. The third kappa shape index (κ3) is 5.21. The van der Waals surface area contributed by atoms with E-state index in [2.05, 4.69) is 24.5 Å². The van der Waals surface area contributed by atoms with Crippen molar-refractivity contribution in [2.75, 3.05) is 23.7 Å². The second-order valence-corrected chi connectivity index (χ2v) is 5.84. The van der Waals surface area contributed by atoms with Crippen molar-refractivity contribution in [2.24, 2.45) is 23.5 Å². The Labute approximate surface area is 122 Å². The summed E-state index contributed by atoms with van der Waals surface area (Å²) >= 11 is 0. The first-order valence-corrected chi connectivity index (χ1v) is 7.29. The van der Waals surface area contributed by atoms with Crippen molar-refractivity contribution in [1.29, 1.82) is 0 Å². The van der Waals surface area contributed by atoms with Gasteiger partial charge in [0.15, 0.2) is 0 Å². The van der Waals surface area contributed by atoms with Gasteiger partial charge in [0.05, 0.1) is 0 Å². The highest BCUT2D eigenvalue weighted by Crippen LogP contribution is 2.16. The standard InChI is InChI=1S/C16H27N3O/c1-11(2)13(9-17)10-18-14-5-7-15(8-6-14)19-16(20)12(3)4/h5-8,11-13,18H,9-10,17H2,1-4H3,(H,19,20). The molecule has 1 atom stereocenters. The Morgan fingerprint density at radius 2 is 1.65 bits per heavy atom. The topological polar surface area (TPSA) is 67.2 Å². The van der Waals surface area contributed by atoms with Crippen LogP contribution in [0.2, 0.25) is 0 Å². The van der Waals surface area contributed by atoms with Crippen LogP contribution in [0.25, 0.3) is 0 Å². The van der Waals surface area contributed by atoms with E-state index in [1.807, 2.05) is 38.1 Å². The zero-order valence-electron chi connectivity index (χ0n) is 12.9. The lowest BCUT2D eigenvalue weighted by Gasteiger charge is -2.20. The molecule has 0 bridgehead atoms. The summed E-state index contributed by atoms with van der Waals surface area (Å²) in [4.78, 5) is 11.6. The van der Waals surface area contributed by atoms with Gasteiger partial charge in [-0.05, 0) is 42.6 Å². The fourth-order valence-corrected chi connectivity index (χ4v) is 1.80. The summed E-state index contributed by atoms with van der Waals surface area (Å²) in [6, 6.07) is 7.78. The predicted molar refractivity (Wildman–Crippen MR) is 85.8 cm³/mol. The number of nitrogens with one attached hydrogen (secondary N) is 2. The molecule has 0 radical (unpaired) electrons. The highest BCUT2D eigenvalue weighted by atomic mass is 16.1. The van der Waals surface area contributed by atoms with Crippen molar-refractivity contribution in [2.45, 2.75) is 27.7 Å². The molecule has 0 aromatic heterocycles. The molecule has 1 rings (SSSR count). The van der Waals surface area contributed by atoms with Crippen molar-refractivity contribution < 1.29 is 4.79 Å². The normalized spacial score (nSPS) is 12.6. The van der Waals surface area contributed by atoms with Gasteiger partial charge in [-0.25, -0.2) is 0 Å². The minimum Gasteiger partial charge on any atom is -0.385 e. The molecule has 4 nitrogen and oxygen atoms in total. The number of amides is 1. The molecule has 0 aliphatic heterocycles. The first-order chi connectivity index (χ1) is 9.43. The van der Waals surface area contributed by atoms with Crippen LogP contribution in [-0.4, -0.2) is 19.0 Å². The number of hydrogen-bond donors (Lipinski definition) is 3. The molecule has 20 heavy (non-hydrogen) atoms. The van der Waals surface area contributed by atoms with Crippen LogP contribution < -0.4 is 16.4 Å². The van der Waals surface area contributed by atoms with Crippen LogP contribution in [0.15, 0.2) is 24.3 Å². The third-order valence-electron chi connectivity index (χ3n) is 3.49. The average Bonchev–Trinajstić information content (AvgIpc) is 2.40. The minimum absolute atomic E-state index is 0.0100. The van der Waals surface area contributed by atoms with Gasteiger partial charge in [0.25, 0.3) is 0 Å². The largest absolute Gasteiger partial charge is 0.385 e. The van der Waals surface area contributed by atoms with Crippen molar-refractivity contribution in [1.82, 2.24) is 0 Å². The van der Waals surface area contributed by atoms with E-state index in [-0.39, 0.29) is 11.8 Å². The lowest BCUT2D eigenvalue weighted by atomic mass is 9.96. The number of hydrogen-bond acceptors (Lipinski definition) is 3. The van der Waals surface area contributed by atoms with Crippen molar-refractivity contribution in [3.05, 3.63) is 24.3 Å². The fourth-order valence-electron chi connectivity index (χ4n) is 1.80. The van der Waals surface area contributed by atoms with E-state index < -0.39 is 0 Å². The summed E-state index contributed by atoms with van der Waals surface area (Å²) in [7, 11) is 0. The molecule has 0 heterocycles. The Hall–Kier alpha value is -1.55. The van der Waals surface area contributed by atoms with E-state index in [1.165, 1.54) is 0 Å². The van der Waals surface area contributed by atoms with Crippen molar-refractivity contribution >= 4 is 17.3 Å². The molecule has 0 fully saturated rings. The van der Waals surface area contributed by atoms with Crippen LogP contribution in [0.5, 0.6) is 0 Å². The van der Waals surface area contributed by atoms with E-state index in [0.29, 0.717) is 18.4 Å². The first-order valence-electron chi connectivity index (χ1n) is 7.29. The van der Waals surface area contributed by atoms with Gasteiger partial charge in [0.1, 0.15) is 0 Å². The summed E-state index contributed by atoms with van der Waals surface area (Å²) in [6.07, 6.45) is 0. The SMILES string of the molecule is CC(C)C(=O)Nc1ccc(NCC(CN)C(C)C)cc1. The van der Waals surface area contributed by atoms with E-state index >= 15 is 0 Å². The maximum atomic E-state index is 11.6. The van der Waals surface area contributed by atoms with Gasteiger partial charge in [-0.1, -0.05) is 27.7 Å². The molecule has 0 saturated carbocycles. The van der Waals surface area contributed by atoms with Gasteiger partial charge in [0, 0.05) is 23.8 Å². The molecule has 1 aromatic carbocycles. The van der Waals surface area contributed by atoms with Gasteiger partial charge in [0.2, 0.25) is 5.91 Å². The molecule has 0 spiro atoms. The van der Waals surface area contributed by atoms with E-state index in [9.17, 15) is 4.79 Å². The zero-order chi connectivity index (χ0) is 15.1. The lowest BCUT2D eigenvalue weighted by molar-refractivity contribution is -0.118. The number of benzene rings is 1. The zero-order valence-corrected chi connectivity index (χ0v) is 12.9. The van der Waals surface area contributed by atoms with Gasteiger partial charge >= 0.3 is 0 Å². The van der Waals surface area contributed by atoms with Crippen molar-refractivity contribution in [3.8, 4) is 0 Å². The second-order valence-electron chi connectivity index (χ2n) is 5.84. The highest BCUT2D eigenvalue weighted by molar-refractivity contribution is 5.92. The molecule has 1 unspecified atom stereocenters. The van der Waals surface area contributed by atoms with Crippen LogP contribution in [0.3, 0.4) is 0 Å². The second kappa shape index (κ2) is 7.90. The number of carbonyl (C=O) groups excluding carboxylic acids is 1. The highest BCUT2D eigenvalue weighted by Gasteiger charge is 2.11. The number of nitrogens with two attached hydrogens (primary N) is 1. The first kappa shape index (κ1) is 16.5. The molecular formula is C16H27N3O. The maximum absolute atomic E-state index is 11.6. The Balaban J connectivity index is 2.52. The Bertz CT molecular complexity index is 412. The molecule has 1 aromatic rings. The van der Waals surface area contributed by atoms with E-state index in [0.717, 1.165) is 17.9 Å². The van der Waals surface area contributed by atoms with Crippen LogP contribution in [-0.2, 0) is 4.79 Å². The quantitative estimate of drug-likeness (QED) is 0.718. The summed E-state index contributed by atoms with van der Waals surface area (Å²) in [5.74, 6) is 1.06. The summed E-state index contributed by atoms with van der Waals surface area (Å²) in [6.45, 7) is 9.68. The number of anilines is 2. The number of carbonyl (C=O) groups is 1. The predicted octanol–water partition coefficient (Wildman–Crippen LogP) is 2.92. The molecule has 0 aliphatic carbocycles. The Kier molecular flexibility index (Phi) is 6.52. The molecular weight excluding hydrogens is 250 g/mol. The maximum Gasteiger partial charge on any atom is 0.226 e. The molecule has 0 aliphatic rings. The fraction of sp³-hybridized carbons (Fsp3) is 0.562. The summed E-state index contributed by atoms with van der Waals surface area (Å²) in [5.41, 5.74) is 7.63. The van der Waals surface area contributed by atoms with Crippen LogP contribution in [0.1, 0.15) is 27.7 Å². The summed E-state index contributed by atoms with van der Waals surface area (Å²) < 4.78 is 0. The van der Waals surface area contributed by atoms with E-state index in [4.69, 9.17) is 5.73 Å². The summed E-state index contributed by atoms with van der Waals surface area (Å²) in [5, 5.41) is 6.26. The minimum atomic E-state index is -0.0100. The average molecular weight is 277 g/mol. The lowest BCUT2D eigenvalue weighted by Crippen LogP contribution is -2.27. The Morgan fingerprint density at radius 1 is 1.10 bits per heavy atom. The van der Waals surface area contributed by atoms with Gasteiger partial charge < -0.3 is 16.4 Å². The Morgan fingerprint density at radius 3 is 2.10 bits per heavy atom. The molecule has 112 valence electrons. The van der Waals surface area contributed by atoms with E-state index in [1.54, 1.807) is 0 Å².